The van der Waals surface area contributed by atoms with Crippen LogP contribution in [-0.2, 0) is 59.2 Å². The van der Waals surface area contributed by atoms with Crippen molar-refractivity contribution < 1.29 is 87.7 Å². The predicted octanol–water partition coefficient (Wildman–Crippen LogP) is 0.759. The molecule has 4 aromatic rings. The summed E-state index contributed by atoms with van der Waals surface area (Å²) in [5, 5.41) is 75.1. The molecule has 0 aromatic heterocycles. The van der Waals surface area contributed by atoms with Gasteiger partial charge < -0.3 is 93.9 Å². The lowest BCUT2D eigenvalue weighted by Gasteiger charge is -2.32. The van der Waals surface area contributed by atoms with E-state index in [0.29, 0.717) is 5.56 Å². The predicted molar refractivity (Wildman–Crippen MR) is 354 cm³/mol. The minimum atomic E-state index is -1.79. The maximum Gasteiger partial charge on any atom is 0.407 e. The zero-order valence-electron chi connectivity index (χ0n) is 55.5. The van der Waals surface area contributed by atoms with Gasteiger partial charge in [-0.2, -0.15) is 0 Å². The Morgan fingerprint density at radius 1 is 0.515 bits per heavy atom. The summed E-state index contributed by atoms with van der Waals surface area (Å²) >= 11 is 0. The smallest absolute Gasteiger partial charge is 0.407 e. The number of benzene rings is 4. The van der Waals surface area contributed by atoms with Gasteiger partial charge in [0.1, 0.15) is 61.5 Å². The number of rotatable bonds is 38. The number of carboxylic acid groups (broad SMARTS) is 1. The fourth-order valence-corrected chi connectivity index (χ4v) is 10.6. The zero-order valence-corrected chi connectivity index (χ0v) is 55.5. The Morgan fingerprint density at radius 2 is 1.03 bits per heavy atom. The van der Waals surface area contributed by atoms with E-state index in [2.05, 4.69) is 47.9 Å². The van der Waals surface area contributed by atoms with Crippen molar-refractivity contribution >= 4 is 65.4 Å². The summed E-state index contributed by atoms with van der Waals surface area (Å²) in [5.74, 6) is -11.9. The number of hydrogen-bond donors (Lipinski definition) is 16. The average molecular weight is 1350 g/mol. The van der Waals surface area contributed by atoms with Gasteiger partial charge in [0.15, 0.2) is 0 Å². The van der Waals surface area contributed by atoms with Crippen LogP contribution in [0.25, 0.3) is 11.1 Å². The lowest BCUT2D eigenvalue weighted by Crippen LogP contribution is -2.63. The molecule has 0 aliphatic heterocycles. The number of aliphatic carboxylic acids is 1. The highest BCUT2D eigenvalue weighted by molar-refractivity contribution is 5.98. The Morgan fingerprint density at radius 3 is 1.60 bits per heavy atom. The van der Waals surface area contributed by atoms with Crippen LogP contribution < -0.4 is 58.9 Å². The number of unbranched alkanes of at least 4 members (excludes halogenated alkanes) is 1. The Labute approximate surface area is 562 Å². The third kappa shape index (κ3) is 23.7. The van der Waals surface area contributed by atoms with E-state index in [1.165, 1.54) is 0 Å². The molecule has 17 N–H and O–H groups in total. The number of aliphatic hydroxyl groups excluding tert-OH is 4. The van der Waals surface area contributed by atoms with Crippen molar-refractivity contribution in [3.05, 3.63) is 131 Å². The lowest BCUT2D eigenvalue weighted by atomic mass is 9.95. The van der Waals surface area contributed by atoms with Crippen molar-refractivity contribution in [3.8, 4) is 11.1 Å². The van der Waals surface area contributed by atoms with E-state index in [-0.39, 0.29) is 63.7 Å². The van der Waals surface area contributed by atoms with Crippen LogP contribution in [0.1, 0.15) is 115 Å². The van der Waals surface area contributed by atoms with E-state index in [0.717, 1.165) is 34.7 Å². The van der Waals surface area contributed by atoms with E-state index < -0.39 is 164 Å². The number of carboxylic acids is 1. The number of ether oxygens (including phenoxy) is 2. The van der Waals surface area contributed by atoms with Gasteiger partial charge in [0, 0.05) is 12.5 Å². The van der Waals surface area contributed by atoms with Crippen LogP contribution in [0.3, 0.4) is 0 Å². The average Bonchev–Trinajstić information content (AvgIpc) is 1.64. The molecule has 0 bridgehead atoms. The summed E-state index contributed by atoms with van der Waals surface area (Å²) in [5.41, 5.74) is 11.8. The summed E-state index contributed by atoms with van der Waals surface area (Å²) in [6.07, 6.45) is -4.56. The highest BCUT2D eigenvalue weighted by Crippen LogP contribution is 2.44. The molecular formula is C68H93N11O18. The van der Waals surface area contributed by atoms with E-state index in [4.69, 9.17) is 20.3 Å². The van der Waals surface area contributed by atoms with Crippen LogP contribution in [0.2, 0.25) is 0 Å². The van der Waals surface area contributed by atoms with Gasteiger partial charge in [0.2, 0.25) is 47.3 Å². The van der Waals surface area contributed by atoms with Crippen LogP contribution in [0.15, 0.2) is 109 Å². The van der Waals surface area contributed by atoms with Gasteiger partial charge in [-0.15, -0.1) is 0 Å². The first-order valence-corrected chi connectivity index (χ1v) is 32.3. The van der Waals surface area contributed by atoms with Crippen LogP contribution >= 0.6 is 0 Å². The van der Waals surface area contributed by atoms with Gasteiger partial charge in [0.25, 0.3) is 0 Å². The third-order valence-electron chi connectivity index (χ3n) is 16.3. The van der Waals surface area contributed by atoms with Gasteiger partial charge in [-0.3, -0.25) is 38.4 Å². The second-order valence-corrected chi connectivity index (χ2v) is 24.5. The molecule has 0 spiro atoms. The molecule has 29 nitrogen and oxygen atoms in total. The molecule has 97 heavy (non-hydrogen) atoms. The Kier molecular flexibility index (Phi) is 31.3. The number of nitrogens with one attached hydrogen (secondary N) is 10. The number of alkyl carbamates (subject to hydrolysis) is 2. The van der Waals surface area contributed by atoms with Crippen LogP contribution in [0.4, 0.5) is 9.59 Å². The largest absolute Gasteiger partial charge is 0.480 e. The molecule has 1 unspecified atom stereocenters. The molecule has 12 atom stereocenters. The number of fused-ring (bicyclic) bond motifs is 3. The number of amides is 10. The standard InChI is InChI=1S/C68H93N11O18/c1-8-39(6)54(63(89)77-55(40(7)82)62(88)71-32-52(83)72-50(33-80)61(87)75-51(34-81)66(92)93)76-59(85)48(29-19-20-30-70-67(94)96-35-41-21-11-9-12-22-41)73-60(86)49(31-37(2)3)74-65(91)57(58(84)38(4)5)78-64(90)56(53(69)42-23-13-10-14-24-42)79-68(95)97-36-47-45-27-17-15-25-43(45)44-26-16-18-28-46(44)47/h9-18,21-28,37-40,47-51,53-58,80-82,84H,8,19-20,29-36,69H2,1-7H3,(H,70,94)(H,71,88)(H,72,83)(H,73,86)(H,74,91)(H,75,87)(H,76,85)(H,77,89)(H,78,90)(H,79,95)(H,92,93)/t39-,40-,48+,49-,50-,51-,53+,54-,55-,56-,57?,58+/m0/s1. The fourth-order valence-electron chi connectivity index (χ4n) is 10.6. The summed E-state index contributed by atoms with van der Waals surface area (Å²) in [7, 11) is 0. The second-order valence-electron chi connectivity index (χ2n) is 24.5. The Bertz CT molecular complexity index is 3260. The van der Waals surface area contributed by atoms with Crippen molar-refractivity contribution in [2.75, 3.05) is 32.9 Å². The highest BCUT2D eigenvalue weighted by atomic mass is 16.6. The molecule has 528 valence electrons. The maximum absolute atomic E-state index is 14.8. The lowest BCUT2D eigenvalue weighted by molar-refractivity contribution is -0.143. The Balaban J connectivity index is 1.35. The van der Waals surface area contributed by atoms with Gasteiger partial charge in [-0.1, -0.05) is 157 Å². The Hall–Kier alpha value is -9.55. The SMILES string of the molecule is CC[C@H](C)[C@H](NC(=O)[C@@H](CCCCNC(=O)OCc1ccccc1)NC(=O)[C@H](CC(C)C)NC(=O)C(NC(=O)[C@@H](NC(=O)OCC1c2ccccc2-c2ccccc21)[C@H](N)c1ccccc1)[C@H](O)C(C)C)C(=O)N[C@H](C(=O)NCC(=O)N[C@@H](CO)C(=O)N[C@@H](CO)C(=O)O)[C@H](C)O. The molecule has 0 saturated carbocycles. The number of nitrogens with two attached hydrogens (primary N) is 1. The molecule has 0 heterocycles. The summed E-state index contributed by atoms with van der Waals surface area (Å²) < 4.78 is 11.1. The third-order valence-corrected chi connectivity index (χ3v) is 16.3. The quantitative estimate of drug-likeness (QED) is 0.0275. The first-order valence-electron chi connectivity index (χ1n) is 32.3. The molecule has 1 aliphatic carbocycles. The molecule has 0 radical (unpaired) electrons. The van der Waals surface area contributed by atoms with Gasteiger partial charge in [-0.05, 0) is 83.7 Å². The highest BCUT2D eigenvalue weighted by Gasteiger charge is 2.40. The topological polar surface area (TPSA) is 454 Å². The number of hydrogen-bond acceptors (Lipinski definition) is 18. The summed E-state index contributed by atoms with van der Waals surface area (Å²) in [4.78, 5) is 150. The zero-order chi connectivity index (χ0) is 71.5. The van der Waals surface area contributed by atoms with Crippen LogP contribution in [-0.4, -0.2) is 184 Å². The number of carbonyl (C=O) groups excluding carboxylic acids is 10. The van der Waals surface area contributed by atoms with Crippen molar-refractivity contribution in [1.82, 2.24) is 53.2 Å². The van der Waals surface area contributed by atoms with Crippen LogP contribution in [0, 0.1) is 17.8 Å². The first kappa shape index (κ1) is 78.1. The van der Waals surface area contributed by atoms with Crippen molar-refractivity contribution in [2.45, 2.75) is 160 Å². The van der Waals surface area contributed by atoms with E-state index in [9.17, 15) is 73.2 Å². The fraction of sp³-hybridized carbons (Fsp3) is 0.485. The normalized spacial score (nSPS) is 15.4. The molecule has 0 fully saturated rings. The first-order chi connectivity index (χ1) is 46.2. The van der Waals surface area contributed by atoms with E-state index >= 15 is 0 Å². The molecule has 10 amide bonds. The summed E-state index contributed by atoms with van der Waals surface area (Å²) in [6.45, 7) is 8.13. The summed E-state index contributed by atoms with van der Waals surface area (Å²) in [6, 6.07) is 18.4. The minimum absolute atomic E-state index is 0.00736. The number of carbonyl (C=O) groups is 11. The van der Waals surface area contributed by atoms with Gasteiger partial charge in [-0.25, -0.2) is 14.4 Å². The van der Waals surface area contributed by atoms with E-state index in [1.54, 1.807) is 96.1 Å². The second kappa shape index (κ2) is 38.9. The van der Waals surface area contributed by atoms with Crippen molar-refractivity contribution in [2.24, 2.45) is 23.5 Å². The van der Waals surface area contributed by atoms with Crippen molar-refractivity contribution in [1.29, 1.82) is 0 Å². The molecule has 5 rings (SSSR count). The minimum Gasteiger partial charge on any atom is -0.480 e. The van der Waals surface area contributed by atoms with Crippen LogP contribution in [0.5, 0.6) is 0 Å². The maximum atomic E-state index is 14.8. The molecule has 0 saturated heterocycles. The van der Waals surface area contributed by atoms with Gasteiger partial charge in [0.05, 0.1) is 38.0 Å². The molecule has 1 aliphatic rings. The van der Waals surface area contributed by atoms with Gasteiger partial charge >= 0.3 is 18.2 Å². The number of aliphatic hydroxyl groups is 4. The monoisotopic (exact) mass is 1350 g/mol. The molecular weight excluding hydrogens is 1260 g/mol. The van der Waals surface area contributed by atoms with Crippen molar-refractivity contribution in [3.63, 3.8) is 0 Å². The molecule has 4 aromatic carbocycles. The van der Waals surface area contributed by atoms with E-state index in [1.807, 2.05) is 59.9 Å². The molecule has 29 heteroatoms.